The molecule has 0 bridgehead atoms. The van der Waals surface area contributed by atoms with E-state index in [0.717, 1.165) is 0 Å². The van der Waals surface area contributed by atoms with Crippen LogP contribution in [0.4, 0.5) is 0 Å². The summed E-state index contributed by atoms with van der Waals surface area (Å²) in [6, 6.07) is 0. The van der Waals surface area contributed by atoms with Gasteiger partial charge in [0.15, 0.2) is 0 Å². The smallest absolute Gasteiger partial charge is 0 e. The Hall–Kier alpha value is 1.79. The predicted octanol–water partition coefficient (Wildman–Crippen LogP) is 4.16. The fourth-order valence-corrected chi connectivity index (χ4v) is 1.61. The largest absolute Gasteiger partial charge is 0.358 e. The van der Waals surface area contributed by atoms with E-state index in [1.165, 1.54) is 57.8 Å². The van der Waals surface area contributed by atoms with E-state index in [4.69, 9.17) is 0 Å². The predicted molar refractivity (Wildman–Crippen MR) is 52.3 cm³/mol. The molecule has 2 saturated carbocycles. The number of hydrogen-bond acceptors (Lipinski definition) is 0. The van der Waals surface area contributed by atoms with Crippen LogP contribution in [-0.4, -0.2) is 0 Å². The van der Waals surface area contributed by atoms with E-state index in [1.807, 2.05) is 0 Å². The van der Waals surface area contributed by atoms with Crippen LogP contribution >= 0.6 is 0 Å². The van der Waals surface area contributed by atoms with Crippen molar-refractivity contribution in [3.63, 3.8) is 0 Å². The minimum atomic E-state index is 0. The summed E-state index contributed by atoms with van der Waals surface area (Å²) >= 11 is 0. The van der Waals surface area contributed by atoms with E-state index in [0.29, 0.717) is 0 Å². The molecule has 87 valence electrons. The van der Waals surface area contributed by atoms with Crippen molar-refractivity contribution in [2.24, 2.45) is 0 Å². The Morgan fingerprint density at radius 2 is 0.929 bits per heavy atom. The van der Waals surface area contributed by atoms with Crippen molar-refractivity contribution in [2.45, 2.75) is 57.8 Å². The molecule has 2 aliphatic rings. The van der Waals surface area contributed by atoms with Crippen LogP contribution in [0, 0.1) is 13.8 Å². The fourth-order valence-electron chi connectivity index (χ4n) is 1.61. The Bertz CT molecular complexity index is 48.5. The van der Waals surface area contributed by atoms with E-state index in [2.05, 4.69) is 6.42 Å². The zero-order valence-electron chi connectivity index (χ0n) is 9.15. The van der Waals surface area contributed by atoms with Crippen molar-refractivity contribution in [2.75, 3.05) is 0 Å². The molecule has 3 heteroatoms. The van der Waals surface area contributed by atoms with Crippen molar-refractivity contribution < 1.29 is 56.7 Å². The van der Waals surface area contributed by atoms with E-state index >= 15 is 0 Å². The van der Waals surface area contributed by atoms with E-state index in [1.54, 1.807) is 0 Å². The number of hydrogen-bond donors (Lipinski definition) is 0. The molecule has 2 aliphatic carbocycles. The maximum Gasteiger partial charge on any atom is 0 e. The standard InChI is InChI=1S/C5H10.C5H9.CH3.Fe.V.W/c2*1-2-4-5-3-1;;;;/h1-5H2;1H,2-5H2;1H3;;;/q;2*-1;;;. The maximum absolute atomic E-state index is 2.36. The Labute approximate surface area is 127 Å². The Morgan fingerprint density at radius 3 is 1.07 bits per heavy atom. The molecule has 0 aliphatic heterocycles. The third-order valence-electron chi connectivity index (χ3n) is 2.32. The summed E-state index contributed by atoms with van der Waals surface area (Å²) in [5.74, 6) is 0. The minimum absolute atomic E-state index is 0. The van der Waals surface area contributed by atoms with E-state index < -0.39 is 0 Å². The summed E-state index contributed by atoms with van der Waals surface area (Å²) in [6.07, 6.45) is 15.5. The van der Waals surface area contributed by atoms with Gasteiger partial charge in [0.25, 0.3) is 0 Å². The second-order valence-corrected chi connectivity index (χ2v) is 3.34. The van der Waals surface area contributed by atoms with Gasteiger partial charge in [-0.05, 0) is 0 Å². The van der Waals surface area contributed by atoms with Crippen molar-refractivity contribution in [1.82, 2.24) is 0 Å². The molecular formula is C11H22FeVW-2. The van der Waals surface area contributed by atoms with Crippen LogP contribution < -0.4 is 0 Å². The van der Waals surface area contributed by atoms with Crippen LogP contribution in [0.3, 0.4) is 0 Å². The average Bonchev–Trinajstić information content (AvgIpc) is 2.67. The monoisotopic (exact) mass is 445 g/mol. The Balaban J connectivity index is -0.0000000556. The second-order valence-electron chi connectivity index (χ2n) is 3.34. The van der Waals surface area contributed by atoms with Gasteiger partial charge in [-0.25, -0.2) is 0 Å². The molecule has 0 aromatic carbocycles. The maximum atomic E-state index is 2.36. The van der Waals surface area contributed by atoms with Gasteiger partial charge in [0, 0.05) is 56.7 Å². The molecule has 0 aromatic heterocycles. The molecule has 0 atom stereocenters. The van der Waals surface area contributed by atoms with Crippen molar-refractivity contribution >= 4 is 0 Å². The third kappa shape index (κ3) is 16.2. The molecule has 0 nitrogen and oxygen atoms in total. The summed E-state index contributed by atoms with van der Waals surface area (Å²) in [6.45, 7) is 0. The molecule has 1 radical (unpaired) electrons. The Kier molecular flexibility index (Phi) is 35.9. The molecule has 0 aromatic rings. The van der Waals surface area contributed by atoms with Gasteiger partial charge in [-0.3, -0.25) is 0 Å². The van der Waals surface area contributed by atoms with Gasteiger partial charge < -0.3 is 13.8 Å². The summed E-state index contributed by atoms with van der Waals surface area (Å²) in [7, 11) is 0. The molecule has 0 N–H and O–H groups in total. The average molecular weight is 445 g/mol. The van der Waals surface area contributed by atoms with Crippen LogP contribution in [0.25, 0.3) is 0 Å². The first-order chi connectivity index (χ1) is 5.00. The molecule has 0 amide bonds. The summed E-state index contributed by atoms with van der Waals surface area (Å²) in [5.41, 5.74) is 0. The van der Waals surface area contributed by atoms with Gasteiger partial charge in [0.1, 0.15) is 0 Å². The fraction of sp³-hybridized carbons (Fsp3) is 0.818. The first kappa shape index (κ1) is 24.8. The SMILES string of the molecule is C1CCCC1.[CH-]1CCCC1.[CH3-].[Fe].[V].[W]. The normalized spacial score (nSPS) is 17.1. The van der Waals surface area contributed by atoms with Crippen LogP contribution in [0.2, 0.25) is 0 Å². The summed E-state index contributed by atoms with van der Waals surface area (Å²) < 4.78 is 0. The molecule has 14 heavy (non-hydrogen) atoms. The first-order valence-electron chi connectivity index (χ1n) is 4.82. The van der Waals surface area contributed by atoms with Crippen molar-refractivity contribution in [3.8, 4) is 0 Å². The molecular weight excluding hydrogens is 423 g/mol. The molecule has 0 saturated heterocycles. The summed E-state index contributed by atoms with van der Waals surface area (Å²) in [4.78, 5) is 0. The van der Waals surface area contributed by atoms with Crippen LogP contribution in [-0.2, 0) is 56.7 Å². The van der Waals surface area contributed by atoms with Gasteiger partial charge in [0.05, 0.1) is 0 Å². The zero-order valence-corrected chi connectivity index (χ0v) is 14.6. The van der Waals surface area contributed by atoms with Gasteiger partial charge >= 0.3 is 0 Å². The second kappa shape index (κ2) is 20.2. The van der Waals surface area contributed by atoms with E-state index in [-0.39, 0.29) is 64.1 Å². The van der Waals surface area contributed by atoms with Crippen LogP contribution in [0.15, 0.2) is 0 Å². The molecule has 2 rings (SSSR count). The molecule has 0 unspecified atom stereocenters. The van der Waals surface area contributed by atoms with E-state index in [9.17, 15) is 0 Å². The van der Waals surface area contributed by atoms with Crippen LogP contribution in [0.1, 0.15) is 57.8 Å². The van der Waals surface area contributed by atoms with Crippen LogP contribution in [0.5, 0.6) is 0 Å². The zero-order chi connectivity index (χ0) is 7.07. The Morgan fingerprint density at radius 1 is 0.643 bits per heavy atom. The molecule has 0 heterocycles. The van der Waals surface area contributed by atoms with Gasteiger partial charge in [-0.15, -0.1) is 0 Å². The van der Waals surface area contributed by atoms with Crippen molar-refractivity contribution in [3.05, 3.63) is 13.8 Å². The first-order valence-corrected chi connectivity index (χ1v) is 4.82. The third-order valence-corrected chi connectivity index (χ3v) is 2.32. The van der Waals surface area contributed by atoms with Crippen molar-refractivity contribution in [1.29, 1.82) is 0 Å². The molecule has 0 spiro atoms. The summed E-state index contributed by atoms with van der Waals surface area (Å²) in [5, 5.41) is 0. The van der Waals surface area contributed by atoms with Gasteiger partial charge in [-0.1, -0.05) is 44.9 Å². The van der Waals surface area contributed by atoms with Gasteiger partial charge in [-0.2, -0.15) is 12.8 Å². The topological polar surface area (TPSA) is 0 Å². The quantitative estimate of drug-likeness (QED) is 0.389. The minimum Gasteiger partial charge on any atom is -0.358 e. The molecule has 2 fully saturated rings. The van der Waals surface area contributed by atoms with Gasteiger partial charge in [0.2, 0.25) is 0 Å². The number of rotatable bonds is 0.